The highest BCUT2D eigenvalue weighted by atomic mass is 16.4. The van der Waals surface area contributed by atoms with Crippen LogP contribution in [0.3, 0.4) is 0 Å². The second kappa shape index (κ2) is 4.82. The van der Waals surface area contributed by atoms with Gasteiger partial charge in [-0.3, -0.25) is 0 Å². The third-order valence-corrected chi connectivity index (χ3v) is 2.11. The number of aryl methyl sites for hydroxylation is 1. The number of carbonyl (C=O) groups is 1. The highest BCUT2D eigenvalue weighted by Gasteiger charge is 2.09. The lowest BCUT2D eigenvalue weighted by Crippen LogP contribution is -2.11. The molecule has 2 N–H and O–H groups in total. The zero-order valence-electron chi connectivity index (χ0n) is 9.37. The maximum atomic E-state index is 11.0. The molecule has 0 aromatic heterocycles. The van der Waals surface area contributed by atoms with Crippen molar-refractivity contribution >= 4 is 11.7 Å². The van der Waals surface area contributed by atoms with E-state index in [0.29, 0.717) is 17.2 Å². The van der Waals surface area contributed by atoms with Gasteiger partial charge in [0, 0.05) is 12.2 Å². The largest absolute Gasteiger partial charge is 0.478 e. The lowest BCUT2D eigenvalue weighted by molar-refractivity contribution is 0.0698. The van der Waals surface area contributed by atoms with E-state index in [4.69, 9.17) is 5.11 Å². The van der Waals surface area contributed by atoms with Gasteiger partial charge in [0.1, 0.15) is 0 Å². The normalized spacial score (nSPS) is 10.4. The standard InChI is InChI=1S/C12H17NO2/c1-8(2)7-13-11-5-4-9(3)6-10(11)12(14)15/h4-6,8,13H,7H2,1-3H3,(H,14,15). The van der Waals surface area contributed by atoms with Crippen LogP contribution in [0, 0.1) is 12.8 Å². The van der Waals surface area contributed by atoms with Gasteiger partial charge in [-0.25, -0.2) is 4.79 Å². The summed E-state index contributed by atoms with van der Waals surface area (Å²) in [7, 11) is 0. The summed E-state index contributed by atoms with van der Waals surface area (Å²) in [4.78, 5) is 11.0. The molecule has 0 saturated heterocycles. The number of nitrogens with one attached hydrogen (secondary N) is 1. The number of carboxylic acids is 1. The second-order valence-electron chi connectivity index (χ2n) is 4.13. The maximum absolute atomic E-state index is 11.0. The van der Waals surface area contributed by atoms with E-state index in [9.17, 15) is 4.79 Å². The Bertz CT molecular complexity index is 359. The Labute approximate surface area is 90.1 Å². The van der Waals surface area contributed by atoms with E-state index in [1.165, 1.54) is 0 Å². The van der Waals surface area contributed by atoms with Gasteiger partial charge in [0.15, 0.2) is 0 Å². The predicted molar refractivity (Wildman–Crippen MR) is 61.5 cm³/mol. The van der Waals surface area contributed by atoms with E-state index in [0.717, 1.165) is 12.1 Å². The van der Waals surface area contributed by atoms with Crippen molar-refractivity contribution in [1.29, 1.82) is 0 Å². The molecule has 0 aliphatic carbocycles. The van der Waals surface area contributed by atoms with E-state index < -0.39 is 5.97 Å². The minimum atomic E-state index is -0.884. The first kappa shape index (κ1) is 11.6. The van der Waals surface area contributed by atoms with Gasteiger partial charge in [-0.05, 0) is 25.0 Å². The quantitative estimate of drug-likeness (QED) is 0.798. The zero-order valence-corrected chi connectivity index (χ0v) is 9.37. The fourth-order valence-corrected chi connectivity index (χ4v) is 1.30. The first-order chi connectivity index (χ1) is 7.00. The monoisotopic (exact) mass is 207 g/mol. The third-order valence-electron chi connectivity index (χ3n) is 2.11. The highest BCUT2D eigenvalue weighted by molar-refractivity contribution is 5.94. The highest BCUT2D eigenvalue weighted by Crippen LogP contribution is 2.17. The Hall–Kier alpha value is -1.51. The lowest BCUT2D eigenvalue weighted by atomic mass is 10.1. The Morgan fingerprint density at radius 1 is 1.47 bits per heavy atom. The molecular weight excluding hydrogens is 190 g/mol. The third kappa shape index (κ3) is 3.27. The molecule has 0 fully saturated rings. The van der Waals surface area contributed by atoms with Crippen LogP contribution in [0.15, 0.2) is 18.2 Å². The zero-order chi connectivity index (χ0) is 11.4. The van der Waals surface area contributed by atoms with Gasteiger partial charge in [0.2, 0.25) is 0 Å². The molecule has 0 aliphatic heterocycles. The van der Waals surface area contributed by atoms with Crippen molar-refractivity contribution in [3.05, 3.63) is 29.3 Å². The number of hydrogen-bond donors (Lipinski definition) is 2. The van der Waals surface area contributed by atoms with E-state index >= 15 is 0 Å². The SMILES string of the molecule is Cc1ccc(NCC(C)C)c(C(=O)O)c1. The summed E-state index contributed by atoms with van der Waals surface area (Å²) >= 11 is 0. The molecule has 15 heavy (non-hydrogen) atoms. The van der Waals surface area contributed by atoms with Crippen molar-refractivity contribution in [2.24, 2.45) is 5.92 Å². The van der Waals surface area contributed by atoms with Crippen LogP contribution in [-0.2, 0) is 0 Å². The number of hydrogen-bond acceptors (Lipinski definition) is 2. The van der Waals surface area contributed by atoms with E-state index in [-0.39, 0.29) is 0 Å². The molecule has 1 aromatic carbocycles. The van der Waals surface area contributed by atoms with Crippen molar-refractivity contribution in [3.63, 3.8) is 0 Å². The minimum absolute atomic E-state index is 0.343. The van der Waals surface area contributed by atoms with Crippen LogP contribution < -0.4 is 5.32 Å². The molecule has 0 bridgehead atoms. The minimum Gasteiger partial charge on any atom is -0.478 e. The average Bonchev–Trinajstić information content (AvgIpc) is 2.15. The van der Waals surface area contributed by atoms with E-state index in [1.54, 1.807) is 6.07 Å². The van der Waals surface area contributed by atoms with Crippen molar-refractivity contribution in [2.45, 2.75) is 20.8 Å². The Morgan fingerprint density at radius 2 is 2.13 bits per heavy atom. The summed E-state index contributed by atoms with van der Waals surface area (Å²) < 4.78 is 0. The summed E-state index contributed by atoms with van der Waals surface area (Å²) in [6.07, 6.45) is 0. The number of rotatable bonds is 4. The molecule has 3 heteroatoms. The second-order valence-corrected chi connectivity index (χ2v) is 4.13. The number of aromatic carboxylic acids is 1. The van der Waals surface area contributed by atoms with Gasteiger partial charge >= 0.3 is 5.97 Å². The summed E-state index contributed by atoms with van der Waals surface area (Å²) in [5.74, 6) is -0.391. The van der Waals surface area contributed by atoms with Crippen LogP contribution in [0.25, 0.3) is 0 Å². The number of benzene rings is 1. The van der Waals surface area contributed by atoms with Gasteiger partial charge in [0.05, 0.1) is 5.56 Å². The predicted octanol–water partition coefficient (Wildman–Crippen LogP) is 2.76. The first-order valence-corrected chi connectivity index (χ1v) is 5.08. The van der Waals surface area contributed by atoms with Crippen LogP contribution in [-0.4, -0.2) is 17.6 Å². The lowest BCUT2D eigenvalue weighted by Gasteiger charge is -2.11. The van der Waals surface area contributed by atoms with Crippen molar-refractivity contribution in [1.82, 2.24) is 0 Å². The van der Waals surface area contributed by atoms with Crippen LogP contribution in [0.2, 0.25) is 0 Å². The summed E-state index contributed by atoms with van der Waals surface area (Å²) in [6.45, 7) is 6.84. The molecule has 0 radical (unpaired) electrons. The van der Waals surface area contributed by atoms with Crippen LogP contribution in [0.5, 0.6) is 0 Å². The molecular formula is C12H17NO2. The van der Waals surface area contributed by atoms with Gasteiger partial charge in [-0.1, -0.05) is 25.5 Å². The van der Waals surface area contributed by atoms with Crippen LogP contribution in [0.4, 0.5) is 5.69 Å². The van der Waals surface area contributed by atoms with Crippen molar-refractivity contribution in [2.75, 3.05) is 11.9 Å². The Balaban J connectivity index is 2.91. The van der Waals surface area contributed by atoms with Gasteiger partial charge in [-0.2, -0.15) is 0 Å². The first-order valence-electron chi connectivity index (χ1n) is 5.08. The van der Waals surface area contributed by atoms with Gasteiger partial charge in [0.25, 0.3) is 0 Å². The maximum Gasteiger partial charge on any atom is 0.337 e. The Morgan fingerprint density at radius 3 is 2.67 bits per heavy atom. The van der Waals surface area contributed by atoms with E-state index in [1.807, 2.05) is 19.1 Å². The molecule has 0 amide bonds. The molecule has 0 unspecified atom stereocenters. The Kier molecular flexibility index (Phi) is 3.72. The molecule has 0 atom stereocenters. The molecule has 0 aliphatic rings. The summed E-state index contributed by atoms with van der Waals surface area (Å²) in [5.41, 5.74) is 2.00. The van der Waals surface area contributed by atoms with Crippen LogP contribution in [0.1, 0.15) is 29.8 Å². The van der Waals surface area contributed by atoms with Crippen LogP contribution >= 0.6 is 0 Å². The number of carboxylic acid groups (broad SMARTS) is 1. The molecule has 1 rings (SSSR count). The fraction of sp³-hybridized carbons (Fsp3) is 0.417. The smallest absolute Gasteiger partial charge is 0.337 e. The fourth-order valence-electron chi connectivity index (χ4n) is 1.30. The van der Waals surface area contributed by atoms with Crippen molar-refractivity contribution in [3.8, 4) is 0 Å². The average molecular weight is 207 g/mol. The molecule has 3 nitrogen and oxygen atoms in total. The summed E-state index contributed by atoms with van der Waals surface area (Å²) in [5, 5.41) is 12.2. The van der Waals surface area contributed by atoms with E-state index in [2.05, 4.69) is 19.2 Å². The molecule has 0 heterocycles. The van der Waals surface area contributed by atoms with Gasteiger partial charge < -0.3 is 10.4 Å². The molecule has 82 valence electrons. The molecule has 0 saturated carbocycles. The topological polar surface area (TPSA) is 49.3 Å². The van der Waals surface area contributed by atoms with Crippen molar-refractivity contribution < 1.29 is 9.90 Å². The summed E-state index contributed by atoms with van der Waals surface area (Å²) in [6, 6.07) is 5.42. The molecule has 1 aromatic rings. The van der Waals surface area contributed by atoms with Gasteiger partial charge in [-0.15, -0.1) is 0 Å². The molecule has 0 spiro atoms. The number of anilines is 1.